The number of alkyl halides is 1. The molecule has 0 aliphatic heterocycles. The quantitative estimate of drug-likeness (QED) is 0.844. The molecule has 0 saturated heterocycles. The van der Waals surface area contributed by atoms with E-state index in [1.54, 1.807) is 0 Å². The predicted octanol–water partition coefficient (Wildman–Crippen LogP) is 3.34. The van der Waals surface area contributed by atoms with Crippen molar-refractivity contribution in [3.63, 3.8) is 0 Å². The summed E-state index contributed by atoms with van der Waals surface area (Å²) in [7, 11) is 2.36. The molecule has 1 aromatic carbocycles. The first-order valence-electron chi connectivity index (χ1n) is 6.73. The standard InChI is InChI=1S/C15H14ClF2N3O3/c1-6(17)9-11(15(22)24-3)20-14(21-13(9)19)7-4-5-8(16)12(23-2)10(7)18/h4-6H,1-3H3,(H2,19,20,21). The number of carbonyl (C=O) groups is 1. The van der Waals surface area contributed by atoms with Crippen LogP contribution in [0.1, 0.15) is 29.1 Å². The number of nitrogen functional groups attached to an aromatic ring is 1. The molecule has 9 heteroatoms. The Balaban J connectivity index is 2.74. The zero-order valence-electron chi connectivity index (χ0n) is 13.1. The summed E-state index contributed by atoms with van der Waals surface area (Å²) >= 11 is 5.84. The molecule has 0 radical (unpaired) electrons. The molecule has 2 N–H and O–H groups in total. The van der Waals surface area contributed by atoms with Gasteiger partial charge < -0.3 is 15.2 Å². The molecule has 0 saturated carbocycles. The molecule has 0 aliphatic rings. The lowest BCUT2D eigenvalue weighted by Crippen LogP contribution is -2.15. The van der Waals surface area contributed by atoms with Gasteiger partial charge in [0.05, 0.1) is 30.4 Å². The van der Waals surface area contributed by atoms with Gasteiger partial charge in [0, 0.05) is 0 Å². The van der Waals surface area contributed by atoms with Gasteiger partial charge in [-0.05, 0) is 19.1 Å². The van der Waals surface area contributed by atoms with Crippen LogP contribution < -0.4 is 10.5 Å². The molecule has 0 spiro atoms. The maximum Gasteiger partial charge on any atom is 0.357 e. The number of nitrogens with two attached hydrogens (primary N) is 1. The Hall–Kier alpha value is -2.48. The summed E-state index contributed by atoms with van der Waals surface area (Å²) in [5.74, 6) is -2.46. The Labute approximate surface area is 141 Å². The fourth-order valence-electron chi connectivity index (χ4n) is 2.14. The number of esters is 1. The molecule has 128 valence electrons. The van der Waals surface area contributed by atoms with Crippen molar-refractivity contribution in [1.29, 1.82) is 0 Å². The van der Waals surface area contributed by atoms with Gasteiger partial charge in [-0.2, -0.15) is 0 Å². The number of hydrogen-bond donors (Lipinski definition) is 1. The largest absolute Gasteiger partial charge is 0.492 e. The molecule has 0 bridgehead atoms. The number of rotatable bonds is 4. The molecule has 1 aromatic heterocycles. The zero-order chi connectivity index (χ0) is 18.0. The highest BCUT2D eigenvalue weighted by Gasteiger charge is 2.25. The molecule has 2 aromatic rings. The Morgan fingerprint density at radius 3 is 2.54 bits per heavy atom. The minimum atomic E-state index is -1.61. The van der Waals surface area contributed by atoms with Crippen molar-refractivity contribution in [2.75, 3.05) is 20.0 Å². The van der Waals surface area contributed by atoms with Crippen molar-refractivity contribution in [3.05, 3.63) is 34.2 Å². The molecular formula is C15H14ClF2N3O3. The fraction of sp³-hybridized carbons (Fsp3) is 0.267. The lowest BCUT2D eigenvalue weighted by atomic mass is 10.1. The summed E-state index contributed by atoms with van der Waals surface area (Å²) in [6, 6.07) is 2.68. The topological polar surface area (TPSA) is 87.3 Å². The van der Waals surface area contributed by atoms with E-state index >= 15 is 0 Å². The van der Waals surface area contributed by atoms with E-state index in [0.29, 0.717) is 0 Å². The second-order valence-corrected chi connectivity index (χ2v) is 5.15. The summed E-state index contributed by atoms with van der Waals surface area (Å²) < 4.78 is 37.7. The van der Waals surface area contributed by atoms with Crippen molar-refractivity contribution in [2.24, 2.45) is 0 Å². The Morgan fingerprint density at radius 1 is 1.33 bits per heavy atom. The molecule has 1 heterocycles. The van der Waals surface area contributed by atoms with E-state index in [9.17, 15) is 13.6 Å². The second kappa shape index (κ2) is 6.96. The second-order valence-electron chi connectivity index (χ2n) is 4.74. The van der Waals surface area contributed by atoms with Gasteiger partial charge in [-0.15, -0.1) is 0 Å². The molecule has 0 amide bonds. The maximum absolute atomic E-state index is 14.5. The van der Waals surface area contributed by atoms with Crippen LogP contribution in [-0.2, 0) is 4.74 Å². The van der Waals surface area contributed by atoms with Gasteiger partial charge in [0.25, 0.3) is 0 Å². The fourth-order valence-corrected chi connectivity index (χ4v) is 2.37. The first-order chi connectivity index (χ1) is 11.3. The number of carbonyl (C=O) groups excluding carboxylic acids is 1. The van der Waals surface area contributed by atoms with Crippen LogP contribution in [0.25, 0.3) is 11.4 Å². The van der Waals surface area contributed by atoms with Crippen LogP contribution in [0.2, 0.25) is 5.02 Å². The third-order valence-electron chi connectivity index (χ3n) is 3.25. The van der Waals surface area contributed by atoms with Crippen LogP contribution in [0.3, 0.4) is 0 Å². The number of nitrogens with zero attached hydrogens (tertiary/aromatic N) is 2. The number of ether oxygens (including phenoxy) is 2. The van der Waals surface area contributed by atoms with E-state index in [1.165, 1.54) is 26.2 Å². The van der Waals surface area contributed by atoms with Crippen molar-refractivity contribution in [1.82, 2.24) is 9.97 Å². The number of halogens is 3. The van der Waals surface area contributed by atoms with Crippen LogP contribution in [0.15, 0.2) is 12.1 Å². The van der Waals surface area contributed by atoms with Gasteiger partial charge in [-0.1, -0.05) is 11.6 Å². The number of anilines is 1. The third kappa shape index (κ3) is 3.09. The van der Waals surface area contributed by atoms with Gasteiger partial charge >= 0.3 is 5.97 Å². The summed E-state index contributed by atoms with van der Waals surface area (Å²) in [6.45, 7) is 1.17. The van der Waals surface area contributed by atoms with Crippen molar-refractivity contribution < 1.29 is 23.0 Å². The molecule has 0 aliphatic carbocycles. The zero-order valence-corrected chi connectivity index (χ0v) is 13.8. The smallest absolute Gasteiger partial charge is 0.357 e. The van der Waals surface area contributed by atoms with E-state index < -0.39 is 18.0 Å². The van der Waals surface area contributed by atoms with Gasteiger partial charge in [0.15, 0.2) is 23.1 Å². The molecule has 1 atom stereocenters. The van der Waals surface area contributed by atoms with Crippen LogP contribution in [-0.4, -0.2) is 30.2 Å². The average molecular weight is 358 g/mol. The predicted molar refractivity (Wildman–Crippen MR) is 84.3 cm³/mol. The first kappa shape index (κ1) is 17.9. The average Bonchev–Trinajstić information content (AvgIpc) is 2.53. The molecule has 24 heavy (non-hydrogen) atoms. The maximum atomic E-state index is 14.5. The minimum Gasteiger partial charge on any atom is -0.492 e. The third-order valence-corrected chi connectivity index (χ3v) is 3.54. The summed E-state index contributed by atoms with van der Waals surface area (Å²) in [4.78, 5) is 19.7. The monoisotopic (exact) mass is 357 g/mol. The van der Waals surface area contributed by atoms with E-state index in [4.69, 9.17) is 22.1 Å². The minimum absolute atomic E-state index is 0.0499. The lowest BCUT2D eigenvalue weighted by Gasteiger charge is -2.14. The number of methoxy groups -OCH3 is 2. The first-order valence-corrected chi connectivity index (χ1v) is 7.11. The number of hydrogen-bond acceptors (Lipinski definition) is 6. The summed E-state index contributed by atoms with van der Waals surface area (Å²) in [6.07, 6.45) is -1.61. The lowest BCUT2D eigenvalue weighted by molar-refractivity contribution is 0.0590. The highest BCUT2D eigenvalue weighted by molar-refractivity contribution is 6.32. The molecule has 1 unspecified atom stereocenters. The molecule has 6 nitrogen and oxygen atoms in total. The Morgan fingerprint density at radius 2 is 2.00 bits per heavy atom. The van der Waals surface area contributed by atoms with Gasteiger partial charge in [-0.25, -0.2) is 23.5 Å². The van der Waals surface area contributed by atoms with E-state index in [1.807, 2.05) is 0 Å². The molecule has 2 rings (SSSR count). The normalized spacial score (nSPS) is 11.9. The molecular weight excluding hydrogens is 344 g/mol. The summed E-state index contributed by atoms with van der Waals surface area (Å²) in [5.41, 5.74) is 5.03. The molecule has 0 fully saturated rings. The van der Waals surface area contributed by atoms with Crippen molar-refractivity contribution in [3.8, 4) is 17.1 Å². The van der Waals surface area contributed by atoms with Gasteiger partial charge in [0.2, 0.25) is 0 Å². The number of benzene rings is 1. The van der Waals surface area contributed by atoms with Gasteiger partial charge in [-0.3, -0.25) is 0 Å². The van der Waals surface area contributed by atoms with Crippen LogP contribution >= 0.6 is 11.6 Å². The Bertz CT molecular complexity index is 800. The van der Waals surface area contributed by atoms with Crippen molar-refractivity contribution in [2.45, 2.75) is 13.1 Å². The SMILES string of the molecule is COC(=O)c1nc(-c2ccc(Cl)c(OC)c2F)nc(N)c1C(C)F. The number of aromatic nitrogens is 2. The van der Waals surface area contributed by atoms with Crippen LogP contribution in [0.4, 0.5) is 14.6 Å². The van der Waals surface area contributed by atoms with E-state index in [0.717, 1.165) is 7.11 Å². The van der Waals surface area contributed by atoms with Gasteiger partial charge in [0.1, 0.15) is 12.0 Å². The van der Waals surface area contributed by atoms with Crippen LogP contribution in [0, 0.1) is 5.82 Å². The Kier molecular flexibility index (Phi) is 5.18. The van der Waals surface area contributed by atoms with E-state index in [-0.39, 0.29) is 39.2 Å². The van der Waals surface area contributed by atoms with Crippen molar-refractivity contribution >= 4 is 23.4 Å². The highest BCUT2D eigenvalue weighted by atomic mass is 35.5. The highest BCUT2D eigenvalue weighted by Crippen LogP contribution is 2.35. The van der Waals surface area contributed by atoms with E-state index in [2.05, 4.69) is 14.7 Å². The summed E-state index contributed by atoms with van der Waals surface area (Å²) in [5, 5.41) is 0.0499. The van der Waals surface area contributed by atoms with Crippen LogP contribution in [0.5, 0.6) is 5.75 Å².